The third-order valence-corrected chi connectivity index (χ3v) is 1.80. The number of cyclic esters (lactones) is 1. The Morgan fingerprint density at radius 1 is 1.60 bits per heavy atom. The predicted octanol–water partition coefficient (Wildman–Crippen LogP) is 0.867. The molecule has 0 aromatic carbocycles. The lowest BCUT2D eigenvalue weighted by Gasteiger charge is -2.01. The van der Waals surface area contributed by atoms with Crippen molar-refractivity contribution in [3.05, 3.63) is 17.9 Å². The first-order valence-corrected chi connectivity index (χ1v) is 4.28. The summed E-state index contributed by atoms with van der Waals surface area (Å²) in [6, 6.07) is 3.13. The van der Waals surface area contributed by atoms with Crippen LogP contribution in [0.5, 0.6) is 0 Å². The van der Waals surface area contributed by atoms with Crippen LogP contribution in [0.1, 0.15) is 5.76 Å². The molecule has 2 rings (SSSR count). The highest BCUT2D eigenvalue weighted by Gasteiger charge is 2.20. The second-order valence-corrected chi connectivity index (χ2v) is 2.80. The maximum Gasteiger partial charge on any atom is 0.430 e. The molecule has 0 saturated carbocycles. The predicted molar refractivity (Wildman–Crippen MR) is 49.8 cm³/mol. The van der Waals surface area contributed by atoms with E-state index in [1.165, 1.54) is 17.3 Å². The third-order valence-electron chi connectivity index (χ3n) is 1.80. The summed E-state index contributed by atoms with van der Waals surface area (Å²) >= 11 is 0. The number of anilines is 1. The molecule has 1 aliphatic rings. The van der Waals surface area contributed by atoms with Gasteiger partial charge in [-0.05, 0) is 6.07 Å². The molecular weight excluding hydrogens is 202 g/mol. The van der Waals surface area contributed by atoms with Crippen molar-refractivity contribution < 1.29 is 19.2 Å². The van der Waals surface area contributed by atoms with Crippen LogP contribution < -0.4 is 5.48 Å². The Balaban J connectivity index is 2.01. The number of ether oxygens (including phenoxy) is 1. The van der Waals surface area contributed by atoms with E-state index >= 15 is 0 Å². The first-order chi connectivity index (χ1) is 7.29. The molecule has 1 fully saturated rings. The van der Waals surface area contributed by atoms with Gasteiger partial charge in [0.15, 0.2) is 0 Å². The number of furan rings is 1. The van der Waals surface area contributed by atoms with Crippen molar-refractivity contribution in [2.24, 2.45) is 5.10 Å². The van der Waals surface area contributed by atoms with Gasteiger partial charge >= 0.3 is 6.09 Å². The van der Waals surface area contributed by atoms with E-state index in [1.807, 2.05) is 5.48 Å². The van der Waals surface area contributed by atoms with Gasteiger partial charge in [0, 0.05) is 6.07 Å². The van der Waals surface area contributed by atoms with Gasteiger partial charge in [0.05, 0.1) is 12.8 Å². The first kappa shape index (κ1) is 9.53. The topological polar surface area (TPSA) is 87.3 Å². The minimum atomic E-state index is -0.474. The Morgan fingerprint density at radius 2 is 2.47 bits per heavy atom. The van der Waals surface area contributed by atoms with Crippen molar-refractivity contribution in [1.82, 2.24) is 5.01 Å². The second-order valence-electron chi connectivity index (χ2n) is 2.80. The van der Waals surface area contributed by atoms with E-state index in [0.717, 1.165) is 0 Å². The summed E-state index contributed by atoms with van der Waals surface area (Å²) in [5.41, 5.74) is 1.85. The number of hydrogen-bond acceptors (Lipinski definition) is 6. The number of hydrazone groups is 1. The van der Waals surface area contributed by atoms with Crippen molar-refractivity contribution in [3.8, 4) is 0 Å². The van der Waals surface area contributed by atoms with Gasteiger partial charge in [-0.3, -0.25) is 5.21 Å². The van der Waals surface area contributed by atoms with Gasteiger partial charge < -0.3 is 9.15 Å². The van der Waals surface area contributed by atoms with Crippen LogP contribution in [-0.4, -0.2) is 35.7 Å². The van der Waals surface area contributed by atoms with Crippen LogP contribution in [0.4, 0.5) is 10.7 Å². The van der Waals surface area contributed by atoms with Crippen molar-refractivity contribution in [3.63, 3.8) is 0 Å². The molecule has 2 N–H and O–H groups in total. The van der Waals surface area contributed by atoms with E-state index in [0.29, 0.717) is 18.9 Å². The number of hydrogen-bond donors (Lipinski definition) is 2. The van der Waals surface area contributed by atoms with Gasteiger partial charge in [-0.2, -0.15) is 10.1 Å². The first-order valence-electron chi connectivity index (χ1n) is 4.28. The molecule has 0 radical (unpaired) electrons. The summed E-state index contributed by atoms with van der Waals surface area (Å²) in [5.74, 6) is 0.631. The maximum atomic E-state index is 11.0. The highest BCUT2D eigenvalue weighted by molar-refractivity contribution is 5.78. The van der Waals surface area contributed by atoms with E-state index in [2.05, 4.69) is 9.84 Å². The molecule has 2 heterocycles. The zero-order valence-corrected chi connectivity index (χ0v) is 7.71. The fraction of sp³-hybridized carbons (Fsp3) is 0.250. The summed E-state index contributed by atoms with van der Waals surface area (Å²) in [6.07, 6.45) is 0.895. The molecular formula is C8H9N3O4. The molecule has 1 aliphatic heterocycles. The third kappa shape index (κ3) is 2.08. The molecule has 0 bridgehead atoms. The molecule has 1 amide bonds. The number of nitrogens with one attached hydrogen (secondary N) is 1. The highest BCUT2D eigenvalue weighted by atomic mass is 16.6. The normalized spacial score (nSPS) is 16.1. The Hall–Kier alpha value is -2.02. The van der Waals surface area contributed by atoms with Gasteiger partial charge in [-0.1, -0.05) is 0 Å². The van der Waals surface area contributed by atoms with Gasteiger partial charge in [0.1, 0.15) is 12.4 Å². The maximum absolute atomic E-state index is 11.0. The molecule has 7 heteroatoms. The molecule has 0 atom stereocenters. The van der Waals surface area contributed by atoms with Crippen molar-refractivity contribution in [2.45, 2.75) is 0 Å². The van der Waals surface area contributed by atoms with Crippen LogP contribution in [0.2, 0.25) is 0 Å². The molecule has 0 spiro atoms. The lowest BCUT2D eigenvalue weighted by molar-refractivity contribution is 0.159. The Labute approximate surface area is 84.9 Å². The molecule has 1 aromatic heterocycles. The van der Waals surface area contributed by atoms with Gasteiger partial charge in [-0.15, -0.1) is 0 Å². The lowest BCUT2D eigenvalue weighted by Crippen LogP contribution is -2.17. The molecule has 15 heavy (non-hydrogen) atoms. The summed E-state index contributed by atoms with van der Waals surface area (Å²) in [6.45, 7) is 0.777. The quantitative estimate of drug-likeness (QED) is 0.572. The number of amides is 1. The van der Waals surface area contributed by atoms with Crippen molar-refractivity contribution in [1.29, 1.82) is 0 Å². The number of carbonyl (C=O) groups is 1. The Bertz CT molecular complexity index is 387. The summed E-state index contributed by atoms with van der Waals surface area (Å²) in [4.78, 5) is 11.0. The van der Waals surface area contributed by atoms with E-state index in [4.69, 9.17) is 9.62 Å². The Kier molecular flexibility index (Phi) is 2.55. The van der Waals surface area contributed by atoms with Gasteiger partial charge in [0.2, 0.25) is 5.88 Å². The minimum Gasteiger partial charge on any atom is -0.446 e. The van der Waals surface area contributed by atoms with Crippen molar-refractivity contribution >= 4 is 18.2 Å². The highest BCUT2D eigenvalue weighted by Crippen LogP contribution is 2.11. The lowest BCUT2D eigenvalue weighted by atomic mass is 10.5. The van der Waals surface area contributed by atoms with Crippen LogP contribution >= 0.6 is 0 Å². The molecule has 0 aliphatic carbocycles. The second kappa shape index (κ2) is 4.01. The summed E-state index contributed by atoms with van der Waals surface area (Å²) < 4.78 is 9.71. The zero-order chi connectivity index (χ0) is 10.7. The van der Waals surface area contributed by atoms with Crippen LogP contribution in [0, 0.1) is 0 Å². The Morgan fingerprint density at radius 3 is 3.07 bits per heavy atom. The fourth-order valence-corrected chi connectivity index (χ4v) is 1.10. The standard InChI is InChI=1S/C8H9N3O4/c12-8-11(3-4-14-8)9-5-6-1-2-7(10-13)15-6/h1-2,5,10,13H,3-4H2/b9-5+. The zero-order valence-electron chi connectivity index (χ0n) is 7.71. The van der Waals surface area contributed by atoms with Crippen LogP contribution in [-0.2, 0) is 4.74 Å². The van der Waals surface area contributed by atoms with Gasteiger partial charge in [0.25, 0.3) is 0 Å². The smallest absolute Gasteiger partial charge is 0.430 e. The largest absolute Gasteiger partial charge is 0.446 e. The van der Waals surface area contributed by atoms with Crippen molar-refractivity contribution in [2.75, 3.05) is 18.6 Å². The van der Waals surface area contributed by atoms with Crippen LogP contribution in [0.3, 0.4) is 0 Å². The molecule has 1 aromatic rings. The number of carbonyl (C=O) groups excluding carboxylic acids is 1. The fourth-order valence-electron chi connectivity index (χ4n) is 1.10. The van der Waals surface area contributed by atoms with Crippen LogP contribution in [0.15, 0.2) is 21.7 Å². The van der Waals surface area contributed by atoms with Gasteiger partial charge in [-0.25, -0.2) is 10.3 Å². The molecule has 80 valence electrons. The molecule has 0 unspecified atom stereocenters. The van der Waals surface area contributed by atoms with Crippen LogP contribution in [0.25, 0.3) is 0 Å². The summed E-state index contributed by atoms with van der Waals surface area (Å²) in [7, 11) is 0. The SMILES string of the molecule is O=C1OCCN1/N=C/c1ccc(NO)o1. The summed E-state index contributed by atoms with van der Waals surface area (Å²) in [5, 5.41) is 13.5. The minimum absolute atomic E-state index is 0.209. The average Bonchev–Trinajstić information content (AvgIpc) is 2.84. The number of nitrogens with zero attached hydrogens (tertiary/aromatic N) is 2. The molecule has 1 saturated heterocycles. The average molecular weight is 211 g/mol. The molecule has 7 nitrogen and oxygen atoms in total. The van der Waals surface area contributed by atoms with E-state index < -0.39 is 6.09 Å². The monoisotopic (exact) mass is 211 g/mol. The van der Waals surface area contributed by atoms with E-state index in [-0.39, 0.29) is 5.88 Å². The van der Waals surface area contributed by atoms with E-state index in [1.54, 1.807) is 6.07 Å². The number of rotatable bonds is 3. The van der Waals surface area contributed by atoms with E-state index in [9.17, 15) is 4.79 Å².